The van der Waals surface area contributed by atoms with Gasteiger partial charge < -0.3 is 20.1 Å². The highest BCUT2D eigenvalue weighted by Gasteiger charge is 2.37. The molecule has 1 amide bonds. The Morgan fingerprint density at radius 1 is 1.09 bits per heavy atom. The molecule has 0 radical (unpaired) electrons. The SMILES string of the molecule is O=C(Nc1cn(Cc2nnn(C3CN(C4CNC4)C3)n2)nc1-c1cc(OC(F)F)ccc1OC(F)F)c1cnn2cccnc12. The molecular formula is C26H24F4N12O3. The number of aromatic nitrogens is 9. The van der Waals surface area contributed by atoms with E-state index in [-0.39, 0.29) is 52.2 Å². The second kappa shape index (κ2) is 11.7. The zero-order chi connectivity index (χ0) is 31.1. The van der Waals surface area contributed by atoms with Crippen LogP contribution >= 0.6 is 0 Å². The van der Waals surface area contributed by atoms with Crippen molar-refractivity contribution in [1.29, 1.82) is 0 Å². The van der Waals surface area contributed by atoms with Crippen molar-refractivity contribution in [3.63, 3.8) is 0 Å². The van der Waals surface area contributed by atoms with Gasteiger partial charge in [-0.3, -0.25) is 14.4 Å². The van der Waals surface area contributed by atoms with Gasteiger partial charge in [0.05, 0.1) is 23.5 Å². The minimum atomic E-state index is -3.24. The van der Waals surface area contributed by atoms with Crippen LogP contribution in [0.3, 0.4) is 0 Å². The summed E-state index contributed by atoms with van der Waals surface area (Å²) in [5.41, 5.74) is 0.211. The first-order valence-electron chi connectivity index (χ1n) is 13.7. The predicted octanol–water partition coefficient (Wildman–Crippen LogP) is 1.91. The van der Waals surface area contributed by atoms with Crippen LogP contribution in [0.25, 0.3) is 16.9 Å². The first kappa shape index (κ1) is 28.6. The van der Waals surface area contributed by atoms with Gasteiger partial charge in [0.1, 0.15) is 29.3 Å². The fraction of sp³-hybridized carbons (Fsp3) is 0.346. The number of anilines is 1. The summed E-state index contributed by atoms with van der Waals surface area (Å²) in [6.07, 6.45) is 5.84. The third-order valence-electron chi connectivity index (χ3n) is 7.45. The van der Waals surface area contributed by atoms with Crippen LogP contribution in [0.5, 0.6) is 11.5 Å². The number of hydrogen-bond donors (Lipinski definition) is 2. The lowest BCUT2D eigenvalue weighted by Crippen LogP contribution is -2.64. The van der Waals surface area contributed by atoms with Gasteiger partial charge in [-0.25, -0.2) is 9.50 Å². The minimum absolute atomic E-state index is 0.0115. The molecule has 4 aromatic heterocycles. The topological polar surface area (TPSA) is 154 Å². The molecule has 45 heavy (non-hydrogen) atoms. The first-order chi connectivity index (χ1) is 21.8. The molecule has 2 aliphatic rings. The Labute approximate surface area is 250 Å². The van der Waals surface area contributed by atoms with Crippen molar-refractivity contribution in [1.82, 2.24) is 54.8 Å². The van der Waals surface area contributed by atoms with Crippen molar-refractivity contribution >= 4 is 17.2 Å². The average molecular weight is 629 g/mol. The molecule has 0 unspecified atom stereocenters. The van der Waals surface area contributed by atoms with E-state index in [1.165, 1.54) is 27.8 Å². The van der Waals surface area contributed by atoms with Gasteiger partial charge >= 0.3 is 13.2 Å². The molecule has 234 valence electrons. The van der Waals surface area contributed by atoms with Crippen LogP contribution in [-0.2, 0) is 6.54 Å². The predicted molar refractivity (Wildman–Crippen MR) is 146 cm³/mol. The number of nitrogens with zero attached hydrogens (tertiary/aromatic N) is 10. The Morgan fingerprint density at radius 3 is 2.67 bits per heavy atom. The lowest BCUT2D eigenvalue weighted by molar-refractivity contribution is -0.0526. The minimum Gasteiger partial charge on any atom is -0.435 e. The normalized spacial score (nSPS) is 15.9. The third kappa shape index (κ3) is 5.86. The summed E-state index contributed by atoms with van der Waals surface area (Å²) < 4.78 is 64.6. The maximum absolute atomic E-state index is 13.4. The smallest absolute Gasteiger partial charge is 0.387 e. The van der Waals surface area contributed by atoms with Gasteiger partial charge in [-0.15, -0.1) is 10.2 Å². The molecule has 2 N–H and O–H groups in total. The number of rotatable bonds is 11. The Bertz CT molecular complexity index is 1830. The second-order valence-electron chi connectivity index (χ2n) is 10.4. The molecule has 0 bridgehead atoms. The summed E-state index contributed by atoms with van der Waals surface area (Å²) in [7, 11) is 0. The molecule has 1 aromatic carbocycles. The molecule has 0 atom stereocenters. The summed E-state index contributed by atoms with van der Waals surface area (Å²) in [6.45, 7) is -2.92. The number of halogens is 4. The van der Waals surface area contributed by atoms with Gasteiger partial charge in [0.25, 0.3) is 5.91 Å². The molecule has 0 spiro atoms. The van der Waals surface area contributed by atoms with E-state index in [0.29, 0.717) is 11.9 Å². The van der Waals surface area contributed by atoms with Crippen LogP contribution in [0.15, 0.2) is 49.1 Å². The summed E-state index contributed by atoms with van der Waals surface area (Å²) in [4.78, 5) is 21.4. The van der Waals surface area contributed by atoms with Crippen molar-refractivity contribution in [3.8, 4) is 22.8 Å². The zero-order valence-corrected chi connectivity index (χ0v) is 23.2. The zero-order valence-electron chi connectivity index (χ0n) is 23.2. The standard InChI is InChI=1S/C26H24F4N12O3/c27-25(28)44-16-2-3-20(45-26(29)30)17(6-16)22-19(34-24(43)18-9-33-41-5-1-4-32-23(18)41)12-40(37-22)13-21-35-38-42(36-21)15-10-39(11-15)14-7-31-8-14/h1-6,9,12,14-15,25-26,31H,7-8,10-11,13H2,(H,34,43). The number of tetrazole rings is 1. The number of benzene rings is 1. The van der Waals surface area contributed by atoms with Gasteiger partial charge in [0, 0.05) is 50.8 Å². The van der Waals surface area contributed by atoms with Gasteiger partial charge in [-0.2, -0.15) is 32.6 Å². The molecular weight excluding hydrogens is 604 g/mol. The summed E-state index contributed by atoms with van der Waals surface area (Å²) in [5.74, 6) is -1.06. The Hall–Kier alpha value is -5.17. The van der Waals surface area contributed by atoms with Crippen molar-refractivity contribution in [2.45, 2.75) is 31.9 Å². The molecule has 2 fully saturated rings. The molecule has 7 rings (SSSR count). The van der Waals surface area contributed by atoms with E-state index in [0.717, 1.165) is 44.4 Å². The number of fused-ring (bicyclic) bond motifs is 1. The maximum Gasteiger partial charge on any atom is 0.387 e. The molecule has 6 heterocycles. The van der Waals surface area contributed by atoms with Crippen LogP contribution in [-0.4, -0.2) is 101 Å². The van der Waals surface area contributed by atoms with Crippen LogP contribution in [0, 0.1) is 0 Å². The van der Waals surface area contributed by atoms with Crippen LogP contribution in [0.2, 0.25) is 0 Å². The lowest BCUT2D eigenvalue weighted by Gasteiger charge is -2.47. The number of ether oxygens (including phenoxy) is 2. The third-order valence-corrected chi connectivity index (χ3v) is 7.45. The van der Waals surface area contributed by atoms with E-state index in [2.05, 4.69) is 55.6 Å². The number of likely N-dealkylation sites (tertiary alicyclic amines) is 1. The van der Waals surface area contributed by atoms with E-state index in [9.17, 15) is 22.4 Å². The number of carbonyl (C=O) groups excluding carboxylic acids is 1. The molecule has 0 saturated carbocycles. The summed E-state index contributed by atoms with van der Waals surface area (Å²) >= 11 is 0. The quantitative estimate of drug-likeness (QED) is 0.206. The van der Waals surface area contributed by atoms with Crippen LogP contribution in [0.1, 0.15) is 22.2 Å². The molecule has 0 aliphatic carbocycles. The van der Waals surface area contributed by atoms with Gasteiger partial charge in [0.2, 0.25) is 0 Å². The van der Waals surface area contributed by atoms with Gasteiger partial charge in [-0.05, 0) is 29.5 Å². The Balaban J connectivity index is 1.20. The lowest BCUT2D eigenvalue weighted by atomic mass is 10.0. The molecule has 5 aromatic rings. The van der Waals surface area contributed by atoms with E-state index in [4.69, 9.17) is 0 Å². The summed E-state index contributed by atoms with van der Waals surface area (Å²) in [6, 6.07) is 5.39. The van der Waals surface area contributed by atoms with E-state index < -0.39 is 19.1 Å². The van der Waals surface area contributed by atoms with Crippen molar-refractivity contribution < 1.29 is 31.8 Å². The maximum atomic E-state index is 13.4. The number of hydrogen-bond acceptors (Lipinski definition) is 11. The van der Waals surface area contributed by atoms with E-state index in [1.807, 2.05) is 0 Å². The van der Waals surface area contributed by atoms with Gasteiger partial charge in [-0.1, -0.05) is 0 Å². The van der Waals surface area contributed by atoms with Crippen molar-refractivity contribution in [3.05, 3.63) is 60.4 Å². The second-order valence-corrected chi connectivity index (χ2v) is 10.4. The highest BCUT2D eigenvalue weighted by atomic mass is 19.3. The molecule has 2 aliphatic heterocycles. The number of carbonyl (C=O) groups is 1. The fourth-order valence-corrected chi connectivity index (χ4v) is 5.12. The molecule has 15 nitrogen and oxygen atoms in total. The first-order valence-corrected chi connectivity index (χ1v) is 13.7. The largest absolute Gasteiger partial charge is 0.435 e. The number of amides is 1. The van der Waals surface area contributed by atoms with Crippen molar-refractivity contribution in [2.75, 3.05) is 31.5 Å². The highest BCUT2D eigenvalue weighted by Crippen LogP contribution is 2.38. The Morgan fingerprint density at radius 2 is 1.91 bits per heavy atom. The van der Waals surface area contributed by atoms with Gasteiger partial charge in [0.15, 0.2) is 11.5 Å². The monoisotopic (exact) mass is 628 g/mol. The van der Waals surface area contributed by atoms with Crippen LogP contribution < -0.4 is 20.1 Å². The fourth-order valence-electron chi connectivity index (χ4n) is 5.12. The van der Waals surface area contributed by atoms with Crippen LogP contribution in [0.4, 0.5) is 23.2 Å². The van der Waals surface area contributed by atoms with Crippen molar-refractivity contribution in [2.24, 2.45) is 0 Å². The average Bonchev–Trinajstić information content (AvgIpc) is 3.68. The summed E-state index contributed by atoms with van der Waals surface area (Å²) in [5, 5.41) is 27.3. The van der Waals surface area contributed by atoms with E-state index in [1.54, 1.807) is 17.1 Å². The number of alkyl halides is 4. The number of nitrogens with one attached hydrogen (secondary N) is 2. The Kier molecular flexibility index (Phi) is 7.45. The molecule has 19 heteroatoms. The molecule has 2 saturated heterocycles. The highest BCUT2D eigenvalue weighted by molar-refractivity contribution is 6.09. The van der Waals surface area contributed by atoms with E-state index >= 15 is 0 Å².